The minimum atomic E-state index is -4.26. The summed E-state index contributed by atoms with van der Waals surface area (Å²) in [6.45, 7) is 4.26. The van der Waals surface area contributed by atoms with E-state index in [1.807, 2.05) is 6.92 Å². The van der Waals surface area contributed by atoms with Crippen LogP contribution >= 0.6 is 0 Å². The van der Waals surface area contributed by atoms with Crippen LogP contribution in [-0.2, 0) is 30.0 Å². The highest BCUT2D eigenvalue weighted by Gasteiger charge is 2.22. The van der Waals surface area contributed by atoms with Crippen LogP contribution < -0.4 is 5.32 Å². The lowest BCUT2D eigenvalue weighted by atomic mass is 10.3. The van der Waals surface area contributed by atoms with Gasteiger partial charge in [-0.3, -0.25) is 9.11 Å². The molecule has 0 radical (unpaired) electrons. The summed E-state index contributed by atoms with van der Waals surface area (Å²) in [6.07, 6.45) is -0.877. The summed E-state index contributed by atoms with van der Waals surface area (Å²) in [7, 11) is -8.49. The highest BCUT2D eigenvalue weighted by atomic mass is 32.2. The van der Waals surface area contributed by atoms with Crippen molar-refractivity contribution in [2.45, 2.75) is 38.9 Å². The Labute approximate surface area is 125 Å². The van der Waals surface area contributed by atoms with E-state index in [9.17, 15) is 16.8 Å². The van der Waals surface area contributed by atoms with Crippen molar-refractivity contribution in [1.82, 2.24) is 5.32 Å². The van der Waals surface area contributed by atoms with Gasteiger partial charge in [-0.25, -0.2) is 9.78 Å². The van der Waals surface area contributed by atoms with Crippen molar-refractivity contribution in [2.75, 3.05) is 24.6 Å². The largest absolute Gasteiger partial charge is 0.314 e. The Morgan fingerprint density at radius 1 is 0.952 bits per heavy atom. The molecule has 0 aliphatic rings. The Morgan fingerprint density at radius 2 is 1.43 bits per heavy atom. The van der Waals surface area contributed by atoms with Crippen molar-refractivity contribution in [3.63, 3.8) is 0 Å². The fourth-order valence-corrected chi connectivity index (χ4v) is 2.81. The van der Waals surface area contributed by atoms with Gasteiger partial charge in [0.2, 0.25) is 0 Å². The molecule has 0 saturated heterocycles. The van der Waals surface area contributed by atoms with Crippen LogP contribution in [0.5, 0.6) is 0 Å². The zero-order valence-corrected chi connectivity index (χ0v) is 13.7. The molecule has 2 atom stereocenters. The maximum atomic E-state index is 10.9. The van der Waals surface area contributed by atoms with Gasteiger partial charge in [0, 0.05) is 6.54 Å². The van der Waals surface area contributed by atoms with E-state index < -0.39 is 43.9 Å². The highest BCUT2D eigenvalue weighted by molar-refractivity contribution is 7.86. The van der Waals surface area contributed by atoms with Gasteiger partial charge in [-0.1, -0.05) is 13.8 Å². The Bertz CT molecular complexity index is 475. The van der Waals surface area contributed by atoms with Gasteiger partial charge in [-0.15, -0.1) is 0 Å². The number of hydrogen-bond acceptors (Lipinski definition) is 7. The second-order valence-electron chi connectivity index (χ2n) is 4.55. The fraction of sp³-hybridized carbons (Fsp3) is 1.00. The fourth-order valence-electron chi connectivity index (χ4n) is 1.40. The molecule has 0 aromatic rings. The molecular formula is C10H23NO8S2. The molecule has 0 aliphatic carbocycles. The molecule has 21 heavy (non-hydrogen) atoms. The zero-order valence-electron chi connectivity index (χ0n) is 12.1. The lowest BCUT2D eigenvalue weighted by Crippen LogP contribution is -2.37. The number of hydrogen-bond donors (Lipinski definition) is 3. The number of nitrogens with one attached hydrogen (secondary N) is 1. The summed E-state index contributed by atoms with van der Waals surface area (Å²) in [6, 6.07) is 0. The van der Waals surface area contributed by atoms with Gasteiger partial charge < -0.3 is 5.32 Å². The summed E-state index contributed by atoms with van der Waals surface area (Å²) in [5.41, 5.74) is 0. The van der Waals surface area contributed by atoms with Gasteiger partial charge in [0.1, 0.15) is 23.7 Å². The second kappa shape index (κ2) is 9.66. The molecule has 2 unspecified atom stereocenters. The van der Waals surface area contributed by atoms with Crippen LogP contribution in [0.1, 0.15) is 26.7 Å². The van der Waals surface area contributed by atoms with Crippen LogP contribution in [-0.4, -0.2) is 62.7 Å². The zero-order chi connectivity index (χ0) is 16.5. The van der Waals surface area contributed by atoms with E-state index in [0.717, 1.165) is 6.42 Å². The first-order valence-electron chi connectivity index (χ1n) is 6.50. The van der Waals surface area contributed by atoms with Crippen LogP contribution in [0.3, 0.4) is 0 Å². The third kappa shape index (κ3) is 13.1. The van der Waals surface area contributed by atoms with E-state index in [1.54, 1.807) is 6.92 Å². The summed E-state index contributed by atoms with van der Waals surface area (Å²) < 4.78 is 60.8. The Kier molecular flexibility index (Phi) is 9.53. The average molecular weight is 349 g/mol. The summed E-state index contributed by atoms with van der Waals surface area (Å²) in [5, 5.41) is 2.90. The van der Waals surface area contributed by atoms with E-state index >= 15 is 0 Å². The van der Waals surface area contributed by atoms with Crippen LogP contribution in [0.25, 0.3) is 0 Å². The molecule has 0 bridgehead atoms. The molecular weight excluding hydrogens is 326 g/mol. The van der Waals surface area contributed by atoms with Crippen molar-refractivity contribution in [3.8, 4) is 0 Å². The van der Waals surface area contributed by atoms with Crippen LogP contribution in [0.15, 0.2) is 0 Å². The molecule has 0 aliphatic heterocycles. The summed E-state index contributed by atoms with van der Waals surface area (Å²) in [5.74, 6) is -1.35. The van der Waals surface area contributed by atoms with E-state index in [0.29, 0.717) is 6.54 Å². The SMILES string of the molecule is CCCNCC(CS(=O)(=O)O)OOC(CC)CS(=O)(=O)O. The minimum Gasteiger partial charge on any atom is -0.314 e. The molecule has 11 heteroatoms. The third-order valence-corrected chi connectivity index (χ3v) is 3.96. The molecule has 0 amide bonds. The van der Waals surface area contributed by atoms with Crippen molar-refractivity contribution >= 4 is 20.2 Å². The molecule has 0 aromatic heterocycles. The van der Waals surface area contributed by atoms with Gasteiger partial charge >= 0.3 is 0 Å². The van der Waals surface area contributed by atoms with E-state index in [2.05, 4.69) is 5.32 Å². The van der Waals surface area contributed by atoms with Crippen LogP contribution in [0.2, 0.25) is 0 Å². The van der Waals surface area contributed by atoms with Gasteiger partial charge in [0.05, 0.1) is 0 Å². The normalized spacial score (nSPS) is 15.8. The Hall–Kier alpha value is -0.300. The summed E-state index contributed by atoms with van der Waals surface area (Å²) in [4.78, 5) is 9.74. The van der Waals surface area contributed by atoms with E-state index in [1.165, 1.54) is 0 Å². The molecule has 128 valence electrons. The molecule has 0 saturated carbocycles. The smallest absolute Gasteiger partial charge is 0.267 e. The molecule has 0 rings (SSSR count). The maximum absolute atomic E-state index is 10.9. The summed E-state index contributed by atoms with van der Waals surface area (Å²) >= 11 is 0. The maximum Gasteiger partial charge on any atom is 0.267 e. The highest BCUT2D eigenvalue weighted by Crippen LogP contribution is 2.06. The first-order valence-corrected chi connectivity index (χ1v) is 9.72. The van der Waals surface area contributed by atoms with E-state index in [4.69, 9.17) is 18.9 Å². The van der Waals surface area contributed by atoms with Crippen molar-refractivity contribution in [1.29, 1.82) is 0 Å². The predicted molar refractivity (Wildman–Crippen MR) is 76.0 cm³/mol. The lowest BCUT2D eigenvalue weighted by Gasteiger charge is -2.19. The van der Waals surface area contributed by atoms with Crippen molar-refractivity contribution < 1.29 is 35.7 Å². The average Bonchev–Trinajstić information content (AvgIpc) is 2.31. The molecule has 9 nitrogen and oxygen atoms in total. The second-order valence-corrected chi connectivity index (χ2v) is 7.54. The first-order chi connectivity index (χ1) is 9.57. The Balaban J connectivity index is 4.49. The first kappa shape index (κ1) is 20.7. The molecule has 3 N–H and O–H groups in total. The van der Waals surface area contributed by atoms with Gasteiger partial charge in [0.25, 0.3) is 20.2 Å². The monoisotopic (exact) mass is 349 g/mol. The minimum absolute atomic E-state index is 0.107. The molecule has 0 fully saturated rings. The van der Waals surface area contributed by atoms with E-state index in [-0.39, 0.29) is 13.0 Å². The molecule has 0 heterocycles. The van der Waals surface area contributed by atoms with Gasteiger partial charge in [-0.05, 0) is 19.4 Å². The molecule has 0 aromatic carbocycles. The van der Waals surface area contributed by atoms with Crippen molar-refractivity contribution in [3.05, 3.63) is 0 Å². The number of rotatable bonds is 12. The quantitative estimate of drug-likeness (QED) is 0.190. The Morgan fingerprint density at radius 3 is 1.86 bits per heavy atom. The van der Waals surface area contributed by atoms with Crippen LogP contribution in [0, 0.1) is 0 Å². The predicted octanol–water partition coefficient (Wildman–Crippen LogP) is -0.143. The van der Waals surface area contributed by atoms with Crippen molar-refractivity contribution in [2.24, 2.45) is 0 Å². The molecule has 0 spiro atoms. The van der Waals surface area contributed by atoms with Crippen LogP contribution in [0.4, 0.5) is 0 Å². The van der Waals surface area contributed by atoms with Gasteiger partial charge in [0.15, 0.2) is 0 Å². The van der Waals surface area contributed by atoms with Gasteiger partial charge in [-0.2, -0.15) is 16.8 Å². The standard InChI is InChI=1S/C10H23NO8S2/c1-3-5-11-6-10(8-21(15,16)17)19-18-9(4-2)7-20(12,13)14/h9-11H,3-8H2,1-2H3,(H,12,13,14)(H,15,16,17). The third-order valence-electron chi connectivity index (χ3n) is 2.37. The lowest BCUT2D eigenvalue weighted by molar-refractivity contribution is -0.341. The topological polar surface area (TPSA) is 139 Å².